The number of ether oxygens (including phenoxy) is 1. The Bertz CT molecular complexity index is 174. The third kappa shape index (κ3) is 2.55. The molecule has 2 fully saturated rings. The van der Waals surface area contributed by atoms with Crippen molar-refractivity contribution >= 4 is 0 Å². The van der Waals surface area contributed by atoms with Gasteiger partial charge in [0.1, 0.15) is 0 Å². The van der Waals surface area contributed by atoms with Gasteiger partial charge in [0.15, 0.2) is 0 Å². The molecule has 2 rings (SSSR count). The first kappa shape index (κ1) is 11.4. The molecule has 0 aliphatic heterocycles. The van der Waals surface area contributed by atoms with Gasteiger partial charge >= 0.3 is 0 Å². The molecule has 1 heteroatoms. The molecule has 1 radical (unpaired) electrons. The van der Waals surface area contributed by atoms with Crippen LogP contribution in [0.5, 0.6) is 0 Å². The van der Waals surface area contributed by atoms with Gasteiger partial charge in [-0.05, 0) is 25.7 Å². The summed E-state index contributed by atoms with van der Waals surface area (Å²) in [6.45, 7) is 0. The third-order valence-corrected chi connectivity index (χ3v) is 4.40. The van der Waals surface area contributed by atoms with E-state index in [0.29, 0.717) is 0 Å². The second-order valence-corrected chi connectivity index (χ2v) is 5.28. The van der Waals surface area contributed by atoms with E-state index in [1.165, 1.54) is 70.6 Å². The summed E-state index contributed by atoms with van der Waals surface area (Å²) >= 11 is 0. The zero-order valence-electron chi connectivity index (χ0n) is 10.2. The van der Waals surface area contributed by atoms with Crippen LogP contribution < -0.4 is 0 Å². The largest absolute Gasteiger partial charge is 0.378 e. The van der Waals surface area contributed by atoms with Crippen LogP contribution in [0.2, 0.25) is 0 Å². The smallest absolute Gasteiger partial charge is 0.0741 e. The van der Waals surface area contributed by atoms with Gasteiger partial charge in [-0.2, -0.15) is 0 Å². The maximum Gasteiger partial charge on any atom is 0.0741 e. The van der Waals surface area contributed by atoms with Crippen molar-refractivity contribution in [2.75, 3.05) is 7.11 Å². The Morgan fingerprint density at radius 2 is 1.33 bits per heavy atom. The number of hydrogen-bond donors (Lipinski definition) is 0. The van der Waals surface area contributed by atoms with Crippen molar-refractivity contribution in [3.8, 4) is 0 Å². The highest BCUT2D eigenvalue weighted by Crippen LogP contribution is 2.44. The molecule has 0 unspecified atom stereocenters. The Morgan fingerprint density at radius 1 is 0.800 bits per heavy atom. The van der Waals surface area contributed by atoms with Gasteiger partial charge in [0.2, 0.25) is 0 Å². The zero-order valence-corrected chi connectivity index (χ0v) is 10.2. The Balaban J connectivity index is 2.01. The molecule has 0 heterocycles. The molecular weight excluding hydrogens is 184 g/mol. The molecule has 1 nitrogen and oxygen atoms in total. The van der Waals surface area contributed by atoms with Crippen LogP contribution in [-0.2, 0) is 4.74 Å². The molecule has 0 N–H and O–H groups in total. The van der Waals surface area contributed by atoms with E-state index in [1.807, 2.05) is 7.11 Å². The minimum absolute atomic E-state index is 0.197. The van der Waals surface area contributed by atoms with E-state index in [4.69, 9.17) is 4.74 Å². The topological polar surface area (TPSA) is 9.23 Å². The molecule has 0 atom stereocenters. The molecule has 0 spiro atoms. The SMILES string of the molecule is COC1([C]2CCCCCC2)CCCCC1. The van der Waals surface area contributed by atoms with Gasteiger partial charge in [-0.1, -0.05) is 44.9 Å². The molecule has 0 aromatic carbocycles. The zero-order chi connectivity index (χ0) is 10.6. The van der Waals surface area contributed by atoms with Crippen molar-refractivity contribution in [1.29, 1.82) is 0 Å². The normalized spacial score (nSPS) is 28.6. The maximum absolute atomic E-state index is 5.94. The standard InChI is InChI=1S/C14H25O/c1-15-14(11-7-4-8-12-14)13-9-5-2-3-6-10-13/h2-12H2,1H3. The van der Waals surface area contributed by atoms with Crippen molar-refractivity contribution in [1.82, 2.24) is 0 Å². The number of methoxy groups -OCH3 is 1. The van der Waals surface area contributed by atoms with Gasteiger partial charge in [0, 0.05) is 13.0 Å². The molecule has 0 aromatic rings. The molecule has 0 aromatic heterocycles. The van der Waals surface area contributed by atoms with Crippen molar-refractivity contribution < 1.29 is 4.74 Å². The van der Waals surface area contributed by atoms with Crippen LogP contribution >= 0.6 is 0 Å². The Kier molecular flexibility index (Phi) is 4.07. The van der Waals surface area contributed by atoms with Crippen molar-refractivity contribution in [2.45, 2.75) is 76.2 Å². The van der Waals surface area contributed by atoms with Gasteiger partial charge in [-0.25, -0.2) is 0 Å². The van der Waals surface area contributed by atoms with E-state index < -0.39 is 0 Å². The lowest BCUT2D eigenvalue weighted by atomic mass is 9.72. The van der Waals surface area contributed by atoms with Gasteiger partial charge in [-0.3, -0.25) is 0 Å². The van der Waals surface area contributed by atoms with E-state index in [0.717, 1.165) is 0 Å². The summed E-state index contributed by atoms with van der Waals surface area (Å²) in [6.07, 6.45) is 15.1. The molecule has 0 bridgehead atoms. The highest BCUT2D eigenvalue weighted by atomic mass is 16.5. The maximum atomic E-state index is 5.94. The van der Waals surface area contributed by atoms with Crippen molar-refractivity contribution in [2.24, 2.45) is 0 Å². The van der Waals surface area contributed by atoms with E-state index >= 15 is 0 Å². The first-order valence-corrected chi connectivity index (χ1v) is 6.78. The fourth-order valence-electron chi connectivity index (χ4n) is 3.44. The second kappa shape index (κ2) is 5.34. The average molecular weight is 209 g/mol. The number of rotatable bonds is 2. The summed E-state index contributed by atoms with van der Waals surface area (Å²) in [4.78, 5) is 0. The predicted molar refractivity (Wildman–Crippen MR) is 63.8 cm³/mol. The third-order valence-electron chi connectivity index (χ3n) is 4.40. The van der Waals surface area contributed by atoms with Crippen LogP contribution in [0, 0.1) is 5.92 Å². The van der Waals surface area contributed by atoms with E-state index in [2.05, 4.69) is 0 Å². The summed E-state index contributed by atoms with van der Waals surface area (Å²) in [7, 11) is 1.93. The molecule has 87 valence electrons. The summed E-state index contributed by atoms with van der Waals surface area (Å²) in [5, 5.41) is 0. The highest BCUT2D eigenvalue weighted by Gasteiger charge is 2.39. The van der Waals surface area contributed by atoms with Crippen LogP contribution in [0.4, 0.5) is 0 Å². The molecule has 2 aliphatic carbocycles. The molecule has 2 aliphatic rings. The molecule has 15 heavy (non-hydrogen) atoms. The van der Waals surface area contributed by atoms with Crippen LogP contribution in [0.25, 0.3) is 0 Å². The summed E-state index contributed by atoms with van der Waals surface area (Å²) in [5.74, 6) is 1.75. The minimum atomic E-state index is 0.197. The summed E-state index contributed by atoms with van der Waals surface area (Å²) in [6, 6.07) is 0. The predicted octanol–water partition coefficient (Wildman–Crippen LogP) is 4.26. The van der Waals surface area contributed by atoms with Crippen LogP contribution in [0.1, 0.15) is 70.6 Å². The molecular formula is C14H25O. The van der Waals surface area contributed by atoms with Gasteiger partial charge in [0.25, 0.3) is 0 Å². The molecule has 0 saturated heterocycles. The lowest BCUT2D eigenvalue weighted by Gasteiger charge is -2.42. The first-order valence-electron chi connectivity index (χ1n) is 6.78. The Labute approximate surface area is 94.6 Å². The van der Waals surface area contributed by atoms with E-state index in [9.17, 15) is 0 Å². The lowest BCUT2D eigenvalue weighted by molar-refractivity contribution is -0.0326. The number of hydrogen-bond acceptors (Lipinski definition) is 1. The van der Waals surface area contributed by atoms with Gasteiger partial charge in [0.05, 0.1) is 5.60 Å². The van der Waals surface area contributed by atoms with Crippen LogP contribution in [0.15, 0.2) is 0 Å². The summed E-state index contributed by atoms with van der Waals surface area (Å²) in [5.41, 5.74) is 0.197. The quantitative estimate of drug-likeness (QED) is 0.617. The molecule has 0 amide bonds. The Morgan fingerprint density at radius 3 is 1.87 bits per heavy atom. The van der Waals surface area contributed by atoms with E-state index in [1.54, 1.807) is 5.92 Å². The fourth-order valence-corrected chi connectivity index (χ4v) is 3.44. The Hall–Kier alpha value is -0.0400. The second-order valence-electron chi connectivity index (χ2n) is 5.28. The van der Waals surface area contributed by atoms with Crippen LogP contribution in [0.3, 0.4) is 0 Å². The summed E-state index contributed by atoms with van der Waals surface area (Å²) < 4.78 is 5.94. The minimum Gasteiger partial charge on any atom is -0.378 e. The van der Waals surface area contributed by atoms with Crippen LogP contribution in [-0.4, -0.2) is 12.7 Å². The lowest BCUT2D eigenvalue weighted by Crippen LogP contribution is -2.40. The van der Waals surface area contributed by atoms with Gasteiger partial charge in [-0.15, -0.1) is 0 Å². The average Bonchev–Trinajstić information content (AvgIpc) is 2.59. The fraction of sp³-hybridized carbons (Fsp3) is 0.929. The van der Waals surface area contributed by atoms with Crippen molar-refractivity contribution in [3.63, 3.8) is 0 Å². The monoisotopic (exact) mass is 209 g/mol. The van der Waals surface area contributed by atoms with Gasteiger partial charge < -0.3 is 4.74 Å². The molecule has 2 saturated carbocycles. The van der Waals surface area contributed by atoms with Crippen molar-refractivity contribution in [3.05, 3.63) is 5.92 Å². The highest BCUT2D eigenvalue weighted by molar-refractivity contribution is 5.11. The first-order chi connectivity index (χ1) is 7.37. The van der Waals surface area contributed by atoms with E-state index in [-0.39, 0.29) is 5.60 Å².